The summed E-state index contributed by atoms with van der Waals surface area (Å²) in [5, 5.41) is 12.2. The lowest BCUT2D eigenvalue weighted by Gasteiger charge is -2.06. The molecule has 0 aliphatic heterocycles. The highest BCUT2D eigenvalue weighted by atomic mass is 16.3. The molecule has 0 aliphatic rings. The molecule has 0 fully saturated rings. The van der Waals surface area contributed by atoms with Crippen LogP contribution in [0.25, 0.3) is 0 Å². The average molecular weight is 243 g/mol. The summed E-state index contributed by atoms with van der Waals surface area (Å²) >= 11 is 0. The van der Waals surface area contributed by atoms with E-state index in [-0.39, 0.29) is 17.3 Å². The summed E-state index contributed by atoms with van der Waals surface area (Å²) in [6, 6.07) is 8.05. The normalized spacial score (nSPS) is 10.0. The number of aromatic hydroxyl groups is 1. The summed E-state index contributed by atoms with van der Waals surface area (Å²) in [6.07, 6.45) is 3.33. The monoisotopic (exact) mass is 243 g/mol. The van der Waals surface area contributed by atoms with Gasteiger partial charge in [-0.2, -0.15) is 0 Å². The number of hydrogen-bond donors (Lipinski definition) is 3. The number of benzene rings is 1. The number of nitrogens with one attached hydrogen (secondary N) is 1. The molecule has 0 atom stereocenters. The zero-order chi connectivity index (χ0) is 13.0. The summed E-state index contributed by atoms with van der Waals surface area (Å²) in [5.74, 6) is -0.353. The third kappa shape index (κ3) is 2.76. The number of rotatable bonds is 3. The van der Waals surface area contributed by atoms with Gasteiger partial charge in [0, 0.05) is 24.5 Å². The maximum absolute atomic E-state index is 11.8. The lowest BCUT2D eigenvalue weighted by molar-refractivity contribution is 0.0950. The van der Waals surface area contributed by atoms with Crippen molar-refractivity contribution < 1.29 is 9.90 Å². The van der Waals surface area contributed by atoms with Crippen LogP contribution in [-0.2, 0) is 6.54 Å². The Morgan fingerprint density at radius 1 is 1.28 bits per heavy atom. The first kappa shape index (κ1) is 11.9. The molecule has 0 unspecified atom stereocenters. The standard InChI is InChI=1S/C13H13N3O2/c14-11-2-1-10(7-12(11)17)13(18)16-8-9-3-5-15-6-4-9/h1-7,17H,8,14H2,(H,16,18). The van der Waals surface area contributed by atoms with E-state index in [1.165, 1.54) is 12.1 Å². The number of nitrogen functional groups attached to an aromatic ring is 1. The molecule has 0 saturated carbocycles. The second-order valence-corrected chi connectivity index (χ2v) is 3.81. The number of aromatic nitrogens is 1. The summed E-state index contributed by atoms with van der Waals surface area (Å²) in [7, 11) is 0. The Morgan fingerprint density at radius 3 is 2.67 bits per heavy atom. The Morgan fingerprint density at radius 2 is 2.00 bits per heavy atom. The Kier molecular flexibility index (Phi) is 3.43. The van der Waals surface area contributed by atoms with E-state index in [2.05, 4.69) is 10.3 Å². The highest BCUT2D eigenvalue weighted by Gasteiger charge is 2.07. The van der Waals surface area contributed by atoms with Crippen LogP contribution in [0, 0.1) is 0 Å². The number of anilines is 1. The number of pyridine rings is 1. The fourth-order valence-corrected chi connectivity index (χ4v) is 1.47. The minimum atomic E-state index is -0.262. The van der Waals surface area contributed by atoms with E-state index in [0.29, 0.717) is 12.1 Å². The zero-order valence-corrected chi connectivity index (χ0v) is 9.63. The number of hydrogen-bond acceptors (Lipinski definition) is 4. The van der Waals surface area contributed by atoms with E-state index >= 15 is 0 Å². The number of amides is 1. The van der Waals surface area contributed by atoms with Gasteiger partial charge < -0.3 is 16.2 Å². The second kappa shape index (κ2) is 5.18. The number of phenols is 1. The average Bonchev–Trinajstić information content (AvgIpc) is 2.40. The quantitative estimate of drug-likeness (QED) is 0.560. The van der Waals surface area contributed by atoms with Crippen LogP contribution in [-0.4, -0.2) is 16.0 Å². The molecule has 2 aromatic rings. The first-order valence-electron chi connectivity index (χ1n) is 5.42. The van der Waals surface area contributed by atoms with Gasteiger partial charge in [0.05, 0.1) is 5.69 Å². The number of carbonyl (C=O) groups is 1. The molecule has 0 bridgehead atoms. The minimum absolute atomic E-state index is 0.0911. The van der Waals surface area contributed by atoms with Crippen LogP contribution in [0.2, 0.25) is 0 Å². The Labute approximate surface area is 104 Å². The molecule has 2 rings (SSSR count). The van der Waals surface area contributed by atoms with E-state index in [1.807, 2.05) is 12.1 Å². The summed E-state index contributed by atoms with van der Waals surface area (Å²) in [5.41, 5.74) is 7.04. The van der Waals surface area contributed by atoms with Crippen LogP contribution in [0.5, 0.6) is 5.75 Å². The molecule has 5 nitrogen and oxygen atoms in total. The lowest BCUT2D eigenvalue weighted by atomic mass is 10.1. The van der Waals surface area contributed by atoms with Crippen LogP contribution >= 0.6 is 0 Å². The molecular weight excluding hydrogens is 230 g/mol. The van der Waals surface area contributed by atoms with Crippen LogP contribution < -0.4 is 11.1 Å². The summed E-state index contributed by atoms with van der Waals surface area (Å²) < 4.78 is 0. The highest BCUT2D eigenvalue weighted by Crippen LogP contribution is 2.20. The minimum Gasteiger partial charge on any atom is -0.506 e. The third-order valence-electron chi connectivity index (χ3n) is 2.50. The van der Waals surface area contributed by atoms with Gasteiger partial charge in [0.25, 0.3) is 5.91 Å². The summed E-state index contributed by atoms with van der Waals surface area (Å²) in [6.45, 7) is 0.409. The van der Waals surface area contributed by atoms with Crippen molar-refractivity contribution in [2.75, 3.05) is 5.73 Å². The van der Waals surface area contributed by atoms with E-state index in [4.69, 9.17) is 5.73 Å². The van der Waals surface area contributed by atoms with E-state index in [1.54, 1.807) is 18.5 Å². The van der Waals surface area contributed by atoms with Gasteiger partial charge in [-0.05, 0) is 35.9 Å². The third-order valence-corrected chi connectivity index (χ3v) is 2.50. The topological polar surface area (TPSA) is 88.2 Å². The van der Waals surface area contributed by atoms with Gasteiger partial charge >= 0.3 is 0 Å². The Bertz CT molecular complexity index is 555. The fourth-order valence-electron chi connectivity index (χ4n) is 1.47. The van der Waals surface area contributed by atoms with Crippen molar-refractivity contribution in [3.05, 3.63) is 53.9 Å². The van der Waals surface area contributed by atoms with Gasteiger partial charge in [0.15, 0.2) is 0 Å². The molecular formula is C13H13N3O2. The molecule has 0 spiro atoms. The van der Waals surface area contributed by atoms with E-state index < -0.39 is 0 Å². The highest BCUT2D eigenvalue weighted by molar-refractivity contribution is 5.95. The first-order valence-corrected chi connectivity index (χ1v) is 5.42. The van der Waals surface area contributed by atoms with Crippen molar-refractivity contribution in [1.29, 1.82) is 0 Å². The van der Waals surface area contributed by atoms with Gasteiger partial charge in [0.2, 0.25) is 0 Å². The molecule has 4 N–H and O–H groups in total. The zero-order valence-electron chi connectivity index (χ0n) is 9.63. The van der Waals surface area contributed by atoms with Crippen molar-refractivity contribution in [2.45, 2.75) is 6.54 Å². The molecule has 1 aromatic heterocycles. The van der Waals surface area contributed by atoms with Crippen LogP contribution in [0.3, 0.4) is 0 Å². The van der Waals surface area contributed by atoms with Crippen molar-refractivity contribution in [1.82, 2.24) is 10.3 Å². The molecule has 5 heteroatoms. The second-order valence-electron chi connectivity index (χ2n) is 3.81. The van der Waals surface area contributed by atoms with Gasteiger partial charge in [0.1, 0.15) is 5.75 Å². The SMILES string of the molecule is Nc1ccc(C(=O)NCc2ccncc2)cc1O. The summed E-state index contributed by atoms with van der Waals surface area (Å²) in [4.78, 5) is 15.7. The molecule has 0 aliphatic carbocycles. The molecule has 0 saturated heterocycles. The van der Waals surface area contributed by atoms with Gasteiger partial charge in [-0.25, -0.2) is 0 Å². The lowest BCUT2D eigenvalue weighted by Crippen LogP contribution is -2.22. The number of nitrogens with zero attached hydrogens (tertiary/aromatic N) is 1. The molecule has 1 aromatic carbocycles. The fraction of sp³-hybridized carbons (Fsp3) is 0.0769. The molecule has 1 amide bonds. The maximum atomic E-state index is 11.8. The van der Waals surface area contributed by atoms with Crippen LogP contribution in [0.4, 0.5) is 5.69 Å². The van der Waals surface area contributed by atoms with Crippen LogP contribution in [0.15, 0.2) is 42.7 Å². The predicted octanol–water partition coefficient (Wildman–Crippen LogP) is 1.30. The number of phenolic OH excluding ortho intramolecular Hbond substituents is 1. The van der Waals surface area contributed by atoms with Crippen LogP contribution in [0.1, 0.15) is 15.9 Å². The van der Waals surface area contributed by atoms with E-state index in [0.717, 1.165) is 5.56 Å². The van der Waals surface area contributed by atoms with Gasteiger partial charge in [-0.15, -0.1) is 0 Å². The largest absolute Gasteiger partial charge is 0.506 e. The molecule has 18 heavy (non-hydrogen) atoms. The van der Waals surface area contributed by atoms with Gasteiger partial charge in [-0.3, -0.25) is 9.78 Å². The smallest absolute Gasteiger partial charge is 0.251 e. The van der Waals surface area contributed by atoms with Crippen molar-refractivity contribution in [3.8, 4) is 5.75 Å². The van der Waals surface area contributed by atoms with E-state index in [9.17, 15) is 9.90 Å². The van der Waals surface area contributed by atoms with Crippen molar-refractivity contribution in [3.63, 3.8) is 0 Å². The number of nitrogens with two attached hydrogens (primary N) is 1. The number of carbonyl (C=O) groups excluding carboxylic acids is 1. The predicted molar refractivity (Wildman–Crippen MR) is 67.9 cm³/mol. The molecule has 92 valence electrons. The van der Waals surface area contributed by atoms with Crippen molar-refractivity contribution >= 4 is 11.6 Å². The van der Waals surface area contributed by atoms with Gasteiger partial charge in [-0.1, -0.05) is 0 Å². The Balaban J connectivity index is 2.02. The van der Waals surface area contributed by atoms with Crippen molar-refractivity contribution in [2.24, 2.45) is 0 Å². The maximum Gasteiger partial charge on any atom is 0.251 e. The molecule has 1 heterocycles. The molecule has 0 radical (unpaired) electrons. The Hall–Kier alpha value is -2.56. The first-order chi connectivity index (χ1) is 8.66.